The third kappa shape index (κ3) is 3.85. The molecule has 2 fully saturated rings. The topological polar surface area (TPSA) is 50.8 Å². The summed E-state index contributed by atoms with van der Waals surface area (Å²) in [5.74, 6) is 0. The first-order chi connectivity index (χ1) is 8.44. The molecule has 0 spiro atoms. The Balaban J connectivity index is 1.80. The van der Waals surface area contributed by atoms with Crippen molar-refractivity contribution in [1.82, 2.24) is 10.2 Å². The van der Waals surface area contributed by atoms with Gasteiger partial charge in [-0.05, 0) is 33.6 Å². The number of carbonyl (C=O) groups is 1. The number of carbonyl (C=O) groups excluding carboxylic acids is 1. The molecule has 0 aromatic heterocycles. The molecule has 2 aliphatic rings. The highest BCUT2D eigenvalue weighted by Crippen LogP contribution is 2.16. The van der Waals surface area contributed by atoms with Crippen molar-refractivity contribution >= 4 is 6.09 Å². The number of ether oxygens (including phenoxy) is 2. The standard InChI is InChI=1S/C13H24N2O3/c1-13(2,3)18-12(16)15-6-4-5-10(7-15)14-11-8-17-9-11/h10-11,14H,4-9H2,1-3H3/t10-/m0/s1. The lowest BCUT2D eigenvalue weighted by molar-refractivity contribution is -0.0171. The van der Waals surface area contributed by atoms with Crippen LogP contribution in [0.4, 0.5) is 4.79 Å². The minimum atomic E-state index is -0.417. The van der Waals surface area contributed by atoms with Crippen LogP contribution in [0.2, 0.25) is 0 Å². The fraction of sp³-hybridized carbons (Fsp3) is 0.923. The van der Waals surface area contributed by atoms with E-state index in [1.807, 2.05) is 25.7 Å². The van der Waals surface area contributed by atoms with E-state index < -0.39 is 5.60 Å². The fourth-order valence-corrected chi connectivity index (χ4v) is 2.27. The van der Waals surface area contributed by atoms with E-state index in [0.717, 1.165) is 39.1 Å². The van der Waals surface area contributed by atoms with Crippen LogP contribution in [-0.4, -0.2) is 55.0 Å². The van der Waals surface area contributed by atoms with Crippen LogP contribution in [0.15, 0.2) is 0 Å². The van der Waals surface area contributed by atoms with Crippen LogP contribution in [0.5, 0.6) is 0 Å². The van der Waals surface area contributed by atoms with Gasteiger partial charge in [0.25, 0.3) is 0 Å². The molecular formula is C13H24N2O3. The van der Waals surface area contributed by atoms with Crippen molar-refractivity contribution in [3.05, 3.63) is 0 Å². The highest BCUT2D eigenvalue weighted by Gasteiger charge is 2.30. The van der Waals surface area contributed by atoms with E-state index in [1.54, 1.807) is 0 Å². The fourth-order valence-electron chi connectivity index (χ4n) is 2.27. The lowest BCUT2D eigenvalue weighted by Crippen LogP contribution is -2.56. The van der Waals surface area contributed by atoms with Gasteiger partial charge >= 0.3 is 6.09 Å². The summed E-state index contributed by atoms with van der Waals surface area (Å²) in [6, 6.07) is 0.841. The van der Waals surface area contributed by atoms with Crippen LogP contribution in [-0.2, 0) is 9.47 Å². The summed E-state index contributed by atoms with van der Waals surface area (Å²) in [5, 5.41) is 3.53. The number of likely N-dealkylation sites (tertiary alicyclic amines) is 1. The van der Waals surface area contributed by atoms with Gasteiger partial charge in [-0.2, -0.15) is 0 Å². The Bertz CT molecular complexity index is 297. The number of nitrogens with one attached hydrogen (secondary N) is 1. The predicted molar refractivity (Wildman–Crippen MR) is 68.6 cm³/mol. The van der Waals surface area contributed by atoms with Crippen LogP contribution >= 0.6 is 0 Å². The Morgan fingerprint density at radius 3 is 2.61 bits per heavy atom. The molecule has 1 atom stereocenters. The molecule has 2 heterocycles. The summed E-state index contributed by atoms with van der Waals surface area (Å²) in [4.78, 5) is 13.8. The van der Waals surface area contributed by atoms with Gasteiger partial charge in [-0.1, -0.05) is 0 Å². The first-order valence-corrected chi connectivity index (χ1v) is 6.76. The van der Waals surface area contributed by atoms with Crippen molar-refractivity contribution in [1.29, 1.82) is 0 Å². The normalized spacial score (nSPS) is 25.7. The van der Waals surface area contributed by atoms with E-state index in [-0.39, 0.29) is 6.09 Å². The van der Waals surface area contributed by atoms with Gasteiger partial charge in [0.15, 0.2) is 0 Å². The van der Waals surface area contributed by atoms with Gasteiger partial charge in [0.2, 0.25) is 0 Å². The maximum absolute atomic E-state index is 12.0. The maximum atomic E-state index is 12.0. The molecule has 0 saturated carbocycles. The van der Waals surface area contributed by atoms with E-state index in [1.165, 1.54) is 0 Å². The van der Waals surface area contributed by atoms with Crippen LogP contribution in [0.25, 0.3) is 0 Å². The molecule has 0 bridgehead atoms. The molecule has 1 N–H and O–H groups in total. The summed E-state index contributed by atoms with van der Waals surface area (Å²) in [6.45, 7) is 8.83. The van der Waals surface area contributed by atoms with Crippen molar-refractivity contribution < 1.29 is 14.3 Å². The zero-order valence-corrected chi connectivity index (χ0v) is 11.6. The van der Waals surface area contributed by atoms with Gasteiger partial charge in [-0.25, -0.2) is 4.79 Å². The Kier molecular flexibility index (Phi) is 4.12. The Hall–Kier alpha value is -0.810. The Morgan fingerprint density at radius 1 is 1.33 bits per heavy atom. The third-order valence-electron chi connectivity index (χ3n) is 3.18. The zero-order chi connectivity index (χ0) is 13.2. The number of hydrogen-bond acceptors (Lipinski definition) is 4. The van der Waals surface area contributed by atoms with E-state index >= 15 is 0 Å². The van der Waals surface area contributed by atoms with Gasteiger partial charge in [-0.3, -0.25) is 0 Å². The van der Waals surface area contributed by atoms with E-state index in [0.29, 0.717) is 12.1 Å². The summed E-state index contributed by atoms with van der Waals surface area (Å²) in [6.07, 6.45) is 1.96. The quantitative estimate of drug-likeness (QED) is 0.811. The van der Waals surface area contributed by atoms with Crippen molar-refractivity contribution in [3.8, 4) is 0 Å². The molecule has 0 aromatic rings. The number of amides is 1. The molecular weight excluding hydrogens is 232 g/mol. The average molecular weight is 256 g/mol. The Labute approximate surface area is 109 Å². The third-order valence-corrected chi connectivity index (χ3v) is 3.18. The summed E-state index contributed by atoms with van der Waals surface area (Å²) in [7, 11) is 0. The van der Waals surface area contributed by atoms with E-state index in [2.05, 4.69) is 5.32 Å². The number of hydrogen-bond donors (Lipinski definition) is 1. The molecule has 18 heavy (non-hydrogen) atoms. The van der Waals surface area contributed by atoms with Crippen molar-refractivity contribution in [2.45, 2.75) is 51.3 Å². The second-order valence-electron chi connectivity index (χ2n) is 6.17. The second-order valence-corrected chi connectivity index (χ2v) is 6.17. The van der Waals surface area contributed by atoms with Gasteiger partial charge < -0.3 is 19.7 Å². The first kappa shape index (κ1) is 13.6. The van der Waals surface area contributed by atoms with Crippen LogP contribution < -0.4 is 5.32 Å². The zero-order valence-electron chi connectivity index (χ0n) is 11.6. The first-order valence-electron chi connectivity index (χ1n) is 6.76. The number of rotatable bonds is 2. The molecule has 0 radical (unpaired) electrons. The van der Waals surface area contributed by atoms with Crippen LogP contribution in [0.3, 0.4) is 0 Å². The van der Waals surface area contributed by atoms with Gasteiger partial charge in [-0.15, -0.1) is 0 Å². The van der Waals surface area contributed by atoms with Crippen LogP contribution in [0.1, 0.15) is 33.6 Å². The highest BCUT2D eigenvalue weighted by atomic mass is 16.6. The molecule has 5 heteroatoms. The molecule has 104 valence electrons. The highest BCUT2D eigenvalue weighted by molar-refractivity contribution is 5.68. The lowest BCUT2D eigenvalue weighted by Gasteiger charge is -2.38. The average Bonchev–Trinajstić information content (AvgIpc) is 2.22. The minimum Gasteiger partial charge on any atom is -0.444 e. The summed E-state index contributed by atoms with van der Waals surface area (Å²) >= 11 is 0. The minimum absolute atomic E-state index is 0.196. The molecule has 0 aliphatic carbocycles. The smallest absolute Gasteiger partial charge is 0.410 e. The molecule has 2 rings (SSSR count). The van der Waals surface area contributed by atoms with Crippen molar-refractivity contribution in [2.75, 3.05) is 26.3 Å². The molecule has 0 aromatic carbocycles. The molecule has 5 nitrogen and oxygen atoms in total. The summed E-state index contributed by atoms with van der Waals surface area (Å²) < 4.78 is 10.6. The number of nitrogens with zero attached hydrogens (tertiary/aromatic N) is 1. The molecule has 2 saturated heterocycles. The maximum Gasteiger partial charge on any atom is 0.410 e. The van der Waals surface area contributed by atoms with E-state index in [4.69, 9.17) is 9.47 Å². The molecule has 0 unspecified atom stereocenters. The molecule has 1 amide bonds. The van der Waals surface area contributed by atoms with Crippen LogP contribution in [0, 0.1) is 0 Å². The Morgan fingerprint density at radius 2 is 2.06 bits per heavy atom. The van der Waals surface area contributed by atoms with Crippen molar-refractivity contribution in [2.24, 2.45) is 0 Å². The monoisotopic (exact) mass is 256 g/mol. The van der Waals surface area contributed by atoms with Gasteiger partial charge in [0.05, 0.1) is 19.3 Å². The molecule has 2 aliphatic heterocycles. The largest absolute Gasteiger partial charge is 0.444 e. The van der Waals surface area contributed by atoms with Crippen molar-refractivity contribution in [3.63, 3.8) is 0 Å². The van der Waals surface area contributed by atoms with Gasteiger partial charge in [0, 0.05) is 19.1 Å². The predicted octanol–water partition coefficient (Wildman–Crippen LogP) is 1.37. The number of piperidine rings is 1. The summed E-state index contributed by atoms with van der Waals surface area (Å²) in [5.41, 5.74) is -0.417. The SMILES string of the molecule is CC(C)(C)OC(=O)N1CCC[C@H](NC2COC2)C1. The van der Waals surface area contributed by atoms with E-state index in [9.17, 15) is 4.79 Å². The second kappa shape index (κ2) is 5.45. The lowest BCUT2D eigenvalue weighted by atomic mass is 10.0. The van der Waals surface area contributed by atoms with Gasteiger partial charge in [0.1, 0.15) is 5.60 Å².